The van der Waals surface area contributed by atoms with E-state index in [9.17, 15) is 4.79 Å². The van der Waals surface area contributed by atoms with Crippen LogP contribution >= 0.6 is 11.3 Å². The standard InChI is InChI=1S/C23H24N4O2S/c1-3-29-17-7-9-27(13-17)23(28)21-12-20-22(30-21)19(6-8-24-20)26-16-4-5-18-15(11-16)10-14(2)25-18/h4-6,8,10-12,17,25H,3,7,9,13H2,1-2H3,(H,24,26)/t17-/m1/s1. The van der Waals surface area contributed by atoms with Crippen molar-refractivity contribution in [2.24, 2.45) is 0 Å². The maximum atomic E-state index is 13.0. The molecule has 4 heterocycles. The fourth-order valence-electron chi connectivity index (χ4n) is 4.09. The number of amides is 1. The van der Waals surface area contributed by atoms with Crippen molar-refractivity contribution in [1.29, 1.82) is 0 Å². The number of carbonyl (C=O) groups excluding carboxylic acids is 1. The van der Waals surface area contributed by atoms with Crippen LogP contribution in [0.25, 0.3) is 21.1 Å². The number of thiophene rings is 1. The molecule has 0 spiro atoms. The van der Waals surface area contributed by atoms with Gasteiger partial charge in [-0.2, -0.15) is 0 Å². The Morgan fingerprint density at radius 3 is 3.10 bits per heavy atom. The minimum Gasteiger partial charge on any atom is -0.377 e. The second-order valence-corrected chi connectivity index (χ2v) is 8.73. The Labute approximate surface area is 178 Å². The Hall–Kier alpha value is -2.90. The molecular formula is C23H24N4O2S. The minimum absolute atomic E-state index is 0.0652. The van der Waals surface area contributed by atoms with E-state index < -0.39 is 0 Å². The van der Waals surface area contributed by atoms with E-state index in [0.717, 1.165) is 50.6 Å². The number of benzene rings is 1. The van der Waals surface area contributed by atoms with Gasteiger partial charge < -0.3 is 19.9 Å². The number of hydrogen-bond donors (Lipinski definition) is 2. The van der Waals surface area contributed by atoms with Gasteiger partial charge >= 0.3 is 0 Å². The van der Waals surface area contributed by atoms with E-state index in [2.05, 4.69) is 46.5 Å². The quantitative estimate of drug-likeness (QED) is 0.472. The zero-order valence-corrected chi connectivity index (χ0v) is 17.9. The van der Waals surface area contributed by atoms with Gasteiger partial charge in [-0.15, -0.1) is 11.3 Å². The molecule has 7 heteroatoms. The summed E-state index contributed by atoms with van der Waals surface area (Å²) >= 11 is 1.50. The predicted octanol–water partition coefficient (Wildman–Crippen LogP) is 5.08. The molecule has 1 aliphatic rings. The molecule has 3 aromatic heterocycles. The molecule has 1 atom stereocenters. The van der Waals surface area contributed by atoms with E-state index in [1.54, 1.807) is 6.20 Å². The molecule has 30 heavy (non-hydrogen) atoms. The van der Waals surface area contributed by atoms with E-state index in [-0.39, 0.29) is 12.0 Å². The maximum absolute atomic E-state index is 13.0. The van der Waals surface area contributed by atoms with Crippen molar-refractivity contribution in [2.75, 3.05) is 25.0 Å². The number of aromatic amines is 1. The number of H-pyrrole nitrogens is 1. The second kappa shape index (κ2) is 7.74. The number of hydrogen-bond acceptors (Lipinski definition) is 5. The smallest absolute Gasteiger partial charge is 0.264 e. The normalized spacial score (nSPS) is 16.6. The van der Waals surface area contributed by atoms with E-state index in [1.165, 1.54) is 16.7 Å². The van der Waals surface area contributed by atoms with Crippen LogP contribution < -0.4 is 5.32 Å². The van der Waals surface area contributed by atoms with Crippen LogP contribution in [0, 0.1) is 6.92 Å². The summed E-state index contributed by atoms with van der Waals surface area (Å²) < 4.78 is 6.67. The Kier molecular flexibility index (Phi) is 4.92. The number of aryl methyl sites for hydroxylation is 1. The van der Waals surface area contributed by atoms with Gasteiger partial charge in [-0.1, -0.05) is 0 Å². The fraction of sp³-hybridized carbons (Fsp3) is 0.304. The number of pyridine rings is 1. The summed E-state index contributed by atoms with van der Waals surface area (Å²) in [5.74, 6) is 0.0652. The third-order valence-corrected chi connectivity index (χ3v) is 6.64. The number of likely N-dealkylation sites (tertiary alicyclic amines) is 1. The minimum atomic E-state index is 0.0652. The van der Waals surface area contributed by atoms with Crippen molar-refractivity contribution in [1.82, 2.24) is 14.9 Å². The summed E-state index contributed by atoms with van der Waals surface area (Å²) in [5.41, 5.74) is 5.08. The zero-order valence-electron chi connectivity index (χ0n) is 17.1. The highest BCUT2D eigenvalue weighted by molar-refractivity contribution is 7.21. The van der Waals surface area contributed by atoms with Crippen molar-refractivity contribution in [2.45, 2.75) is 26.4 Å². The lowest BCUT2D eigenvalue weighted by molar-refractivity contribution is 0.0600. The highest BCUT2D eigenvalue weighted by Gasteiger charge is 2.28. The summed E-state index contributed by atoms with van der Waals surface area (Å²) in [6.07, 6.45) is 2.83. The summed E-state index contributed by atoms with van der Waals surface area (Å²) in [5, 5.41) is 4.67. The van der Waals surface area contributed by atoms with Crippen LogP contribution in [0.4, 0.5) is 11.4 Å². The van der Waals surface area contributed by atoms with Crippen molar-refractivity contribution in [3.63, 3.8) is 0 Å². The molecule has 1 aromatic carbocycles. The van der Waals surface area contributed by atoms with Gasteiger partial charge in [0.25, 0.3) is 5.91 Å². The van der Waals surface area contributed by atoms with Crippen molar-refractivity contribution >= 4 is 49.7 Å². The molecule has 1 fully saturated rings. The van der Waals surface area contributed by atoms with Crippen LogP contribution in [0.1, 0.15) is 28.7 Å². The number of aromatic nitrogens is 2. The van der Waals surface area contributed by atoms with Crippen LogP contribution in [0.3, 0.4) is 0 Å². The van der Waals surface area contributed by atoms with Crippen molar-refractivity contribution < 1.29 is 9.53 Å². The molecule has 0 bridgehead atoms. The van der Waals surface area contributed by atoms with Crippen molar-refractivity contribution in [3.05, 3.63) is 53.2 Å². The number of nitrogens with zero attached hydrogens (tertiary/aromatic N) is 2. The van der Waals surface area contributed by atoms with Gasteiger partial charge in [0.2, 0.25) is 0 Å². The van der Waals surface area contributed by atoms with E-state index in [0.29, 0.717) is 13.2 Å². The molecule has 154 valence electrons. The first-order valence-corrected chi connectivity index (χ1v) is 11.1. The Morgan fingerprint density at radius 1 is 1.33 bits per heavy atom. The van der Waals surface area contributed by atoms with Crippen LogP contribution in [0.15, 0.2) is 42.6 Å². The lowest BCUT2D eigenvalue weighted by Gasteiger charge is -2.15. The lowest BCUT2D eigenvalue weighted by atomic mass is 10.2. The third-order valence-electron chi connectivity index (χ3n) is 5.49. The van der Waals surface area contributed by atoms with E-state index in [4.69, 9.17) is 4.74 Å². The number of nitrogens with one attached hydrogen (secondary N) is 2. The highest BCUT2D eigenvalue weighted by Crippen LogP contribution is 2.34. The monoisotopic (exact) mass is 420 g/mol. The molecular weight excluding hydrogens is 396 g/mol. The average Bonchev–Trinajstić information content (AvgIpc) is 3.45. The molecule has 0 radical (unpaired) electrons. The molecule has 5 rings (SSSR count). The first-order valence-electron chi connectivity index (χ1n) is 10.3. The molecule has 1 saturated heterocycles. The van der Waals surface area contributed by atoms with Crippen molar-refractivity contribution in [3.8, 4) is 0 Å². The SMILES string of the molecule is CCO[C@@H]1CCN(C(=O)c2cc3nccc(Nc4ccc5[nH]c(C)cc5c4)c3s2)C1. The predicted molar refractivity (Wildman–Crippen MR) is 122 cm³/mol. The van der Waals surface area contributed by atoms with Crippen LogP contribution in [-0.2, 0) is 4.74 Å². The summed E-state index contributed by atoms with van der Waals surface area (Å²) in [4.78, 5) is 23.5. The van der Waals surface area contributed by atoms with E-state index in [1.807, 2.05) is 24.0 Å². The Morgan fingerprint density at radius 2 is 2.23 bits per heavy atom. The topological polar surface area (TPSA) is 70.2 Å². The summed E-state index contributed by atoms with van der Waals surface area (Å²) in [7, 11) is 0. The van der Waals surface area contributed by atoms with Gasteiger partial charge in [-0.25, -0.2) is 0 Å². The summed E-state index contributed by atoms with van der Waals surface area (Å²) in [6.45, 7) is 6.14. The van der Waals surface area contributed by atoms with Crippen LogP contribution in [-0.4, -0.2) is 46.6 Å². The molecule has 1 amide bonds. The molecule has 0 saturated carbocycles. The number of rotatable bonds is 5. The van der Waals surface area contributed by atoms with Gasteiger partial charge in [0.1, 0.15) is 0 Å². The molecule has 1 aliphatic heterocycles. The van der Waals surface area contributed by atoms with E-state index >= 15 is 0 Å². The highest BCUT2D eigenvalue weighted by atomic mass is 32.1. The Bertz CT molecular complexity index is 1230. The number of fused-ring (bicyclic) bond motifs is 2. The number of anilines is 2. The molecule has 0 aliphatic carbocycles. The molecule has 6 nitrogen and oxygen atoms in total. The molecule has 4 aromatic rings. The third kappa shape index (κ3) is 3.55. The number of carbonyl (C=O) groups is 1. The first kappa shape index (κ1) is 19.1. The van der Waals surface area contributed by atoms with Crippen LogP contribution in [0.5, 0.6) is 0 Å². The number of ether oxygens (including phenoxy) is 1. The van der Waals surface area contributed by atoms with Gasteiger partial charge in [-0.05, 0) is 56.7 Å². The average molecular weight is 421 g/mol. The second-order valence-electron chi connectivity index (χ2n) is 7.68. The zero-order chi connectivity index (χ0) is 20.7. The van der Waals surface area contributed by atoms with Gasteiger partial charge in [0, 0.05) is 48.2 Å². The summed E-state index contributed by atoms with van der Waals surface area (Å²) in [6, 6.07) is 12.3. The molecule has 2 N–H and O–H groups in total. The lowest BCUT2D eigenvalue weighted by Crippen LogP contribution is -2.29. The molecule has 0 unspecified atom stereocenters. The Balaban J connectivity index is 1.41. The fourth-order valence-corrected chi connectivity index (χ4v) is 5.15. The van der Waals surface area contributed by atoms with Gasteiger partial charge in [-0.3, -0.25) is 9.78 Å². The van der Waals surface area contributed by atoms with Crippen LogP contribution in [0.2, 0.25) is 0 Å². The first-order chi connectivity index (χ1) is 14.6. The van der Waals surface area contributed by atoms with Gasteiger partial charge in [0.05, 0.1) is 26.9 Å². The van der Waals surface area contributed by atoms with Gasteiger partial charge in [0.15, 0.2) is 0 Å². The maximum Gasteiger partial charge on any atom is 0.264 e. The largest absolute Gasteiger partial charge is 0.377 e.